The van der Waals surface area contributed by atoms with Crippen LogP contribution in [0.15, 0.2) is 35.6 Å². The first-order chi connectivity index (χ1) is 13.7. The number of fused-ring (bicyclic) bond motifs is 3. The summed E-state index contributed by atoms with van der Waals surface area (Å²) in [7, 11) is 1.74. The molecule has 1 saturated carbocycles. The third kappa shape index (κ3) is 2.55. The average Bonchev–Trinajstić information content (AvgIpc) is 3.40. The van der Waals surface area contributed by atoms with Gasteiger partial charge in [0, 0.05) is 30.9 Å². The number of hydrogen-bond donors (Lipinski definition) is 0. The molecule has 0 amide bonds. The van der Waals surface area contributed by atoms with E-state index in [-0.39, 0.29) is 11.6 Å². The zero-order chi connectivity index (χ0) is 19.3. The normalized spacial score (nSPS) is 18.9. The predicted octanol–water partition coefficient (Wildman–Crippen LogP) is 2.64. The number of aromatic nitrogens is 6. The van der Waals surface area contributed by atoms with E-state index in [0.29, 0.717) is 11.9 Å². The molecule has 28 heavy (non-hydrogen) atoms. The number of aryl methyl sites for hydroxylation is 1. The molecule has 144 valence electrons. The lowest BCUT2D eigenvalue weighted by Crippen LogP contribution is -2.42. The molecule has 0 radical (unpaired) electrons. The topological polar surface area (TPSA) is 81.7 Å². The molecule has 3 aromatic heterocycles. The van der Waals surface area contributed by atoms with E-state index in [0.717, 1.165) is 42.2 Å². The minimum atomic E-state index is -0.0704. The van der Waals surface area contributed by atoms with Crippen molar-refractivity contribution < 1.29 is 0 Å². The summed E-state index contributed by atoms with van der Waals surface area (Å²) in [6.07, 6.45) is 11.1. The smallest absolute Gasteiger partial charge is 0.250 e. The van der Waals surface area contributed by atoms with Crippen LogP contribution in [0, 0.1) is 0 Å². The van der Waals surface area contributed by atoms with E-state index in [1.165, 1.54) is 12.8 Å². The van der Waals surface area contributed by atoms with E-state index < -0.39 is 0 Å². The van der Waals surface area contributed by atoms with Gasteiger partial charge < -0.3 is 9.47 Å². The fourth-order valence-electron chi connectivity index (χ4n) is 4.47. The molecule has 1 unspecified atom stereocenters. The first-order valence-electron chi connectivity index (χ1n) is 9.90. The Kier molecular flexibility index (Phi) is 3.99. The van der Waals surface area contributed by atoms with Gasteiger partial charge in [-0.15, -0.1) is 10.2 Å². The van der Waals surface area contributed by atoms with Crippen molar-refractivity contribution in [2.24, 2.45) is 7.05 Å². The highest BCUT2D eigenvalue weighted by atomic mass is 16.1. The van der Waals surface area contributed by atoms with Crippen molar-refractivity contribution in [3.05, 3.63) is 47.0 Å². The Labute approximate surface area is 162 Å². The van der Waals surface area contributed by atoms with E-state index in [2.05, 4.69) is 27.0 Å². The van der Waals surface area contributed by atoms with Gasteiger partial charge in [0.2, 0.25) is 0 Å². The standard InChI is InChI=1S/C20H23N7O/c1-3-15-20-24-22-12-26(20)16-11-21-18(13-8-9-25(2)17(28)10-13)23-19(16)27(15)14-6-4-5-7-14/h8-12,14-15H,3-7H2,1-2H3. The highest BCUT2D eigenvalue weighted by molar-refractivity contribution is 5.66. The molecule has 1 fully saturated rings. The van der Waals surface area contributed by atoms with Gasteiger partial charge in [0.1, 0.15) is 12.0 Å². The monoisotopic (exact) mass is 377 g/mol. The van der Waals surface area contributed by atoms with Crippen molar-refractivity contribution in [1.29, 1.82) is 0 Å². The molecule has 4 heterocycles. The van der Waals surface area contributed by atoms with Gasteiger partial charge in [-0.1, -0.05) is 19.8 Å². The first-order valence-corrected chi connectivity index (χ1v) is 9.90. The van der Waals surface area contributed by atoms with Crippen LogP contribution in [0.5, 0.6) is 0 Å². The van der Waals surface area contributed by atoms with Crippen LogP contribution in [0.4, 0.5) is 5.82 Å². The summed E-state index contributed by atoms with van der Waals surface area (Å²) < 4.78 is 3.55. The molecule has 0 bridgehead atoms. The third-order valence-corrected chi connectivity index (χ3v) is 5.93. The van der Waals surface area contributed by atoms with Gasteiger partial charge in [-0.3, -0.25) is 9.36 Å². The largest absolute Gasteiger partial charge is 0.342 e. The first kappa shape index (κ1) is 17.1. The van der Waals surface area contributed by atoms with Gasteiger partial charge in [-0.25, -0.2) is 9.97 Å². The van der Waals surface area contributed by atoms with Gasteiger partial charge in [-0.2, -0.15) is 0 Å². The number of rotatable bonds is 3. The second-order valence-electron chi connectivity index (χ2n) is 7.60. The van der Waals surface area contributed by atoms with Crippen molar-refractivity contribution in [3.8, 4) is 17.1 Å². The van der Waals surface area contributed by atoms with Crippen LogP contribution < -0.4 is 10.5 Å². The maximum Gasteiger partial charge on any atom is 0.250 e. The Bertz CT molecular complexity index is 1080. The number of nitrogens with zero attached hydrogens (tertiary/aromatic N) is 7. The summed E-state index contributed by atoms with van der Waals surface area (Å²) in [5.41, 5.74) is 1.57. The highest BCUT2D eigenvalue weighted by Crippen LogP contribution is 2.42. The Morgan fingerprint density at radius 3 is 2.82 bits per heavy atom. The zero-order valence-electron chi connectivity index (χ0n) is 16.1. The highest BCUT2D eigenvalue weighted by Gasteiger charge is 2.38. The lowest BCUT2D eigenvalue weighted by Gasteiger charge is -2.40. The summed E-state index contributed by atoms with van der Waals surface area (Å²) in [5.74, 6) is 2.44. The Hall–Kier alpha value is -3.03. The van der Waals surface area contributed by atoms with Crippen molar-refractivity contribution >= 4 is 5.82 Å². The zero-order valence-corrected chi connectivity index (χ0v) is 16.1. The lowest BCUT2D eigenvalue weighted by molar-refractivity contribution is 0.469. The Morgan fingerprint density at radius 2 is 2.07 bits per heavy atom. The maximum atomic E-state index is 12.1. The van der Waals surface area contributed by atoms with E-state index >= 15 is 0 Å². The van der Waals surface area contributed by atoms with E-state index in [9.17, 15) is 4.79 Å². The van der Waals surface area contributed by atoms with Gasteiger partial charge in [0.15, 0.2) is 17.5 Å². The number of pyridine rings is 1. The minimum Gasteiger partial charge on any atom is -0.342 e. The second-order valence-corrected chi connectivity index (χ2v) is 7.60. The molecule has 1 aliphatic heterocycles. The van der Waals surface area contributed by atoms with Crippen LogP contribution >= 0.6 is 0 Å². The van der Waals surface area contributed by atoms with Crippen molar-refractivity contribution in [3.63, 3.8) is 0 Å². The molecule has 8 heteroatoms. The summed E-state index contributed by atoms with van der Waals surface area (Å²) in [5, 5.41) is 8.55. The number of hydrogen-bond acceptors (Lipinski definition) is 6. The third-order valence-electron chi connectivity index (χ3n) is 5.93. The summed E-state index contributed by atoms with van der Waals surface area (Å²) >= 11 is 0. The molecule has 0 N–H and O–H groups in total. The van der Waals surface area contributed by atoms with Crippen LogP contribution in [-0.4, -0.2) is 35.3 Å². The fraction of sp³-hybridized carbons (Fsp3) is 0.450. The predicted molar refractivity (Wildman–Crippen MR) is 105 cm³/mol. The van der Waals surface area contributed by atoms with Crippen molar-refractivity contribution in [1.82, 2.24) is 29.3 Å². The van der Waals surface area contributed by atoms with Crippen LogP contribution in [0.3, 0.4) is 0 Å². The summed E-state index contributed by atoms with van der Waals surface area (Å²) in [4.78, 5) is 24.0. The molecule has 0 aromatic carbocycles. The minimum absolute atomic E-state index is 0.0704. The second kappa shape index (κ2) is 6.54. The molecule has 0 saturated heterocycles. The number of anilines is 1. The molecule has 8 nitrogen and oxygen atoms in total. The Balaban J connectivity index is 1.69. The van der Waals surface area contributed by atoms with Gasteiger partial charge in [0.25, 0.3) is 5.56 Å². The van der Waals surface area contributed by atoms with Gasteiger partial charge in [-0.05, 0) is 25.3 Å². The summed E-state index contributed by atoms with van der Waals surface area (Å²) in [6, 6.07) is 4.06. The van der Waals surface area contributed by atoms with E-state index in [4.69, 9.17) is 4.98 Å². The van der Waals surface area contributed by atoms with Gasteiger partial charge >= 0.3 is 0 Å². The quantitative estimate of drug-likeness (QED) is 0.698. The molecule has 1 atom stereocenters. The van der Waals surface area contributed by atoms with Crippen LogP contribution in [0.25, 0.3) is 17.1 Å². The van der Waals surface area contributed by atoms with Crippen LogP contribution in [0.1, 0.15) is 50.9 Å². The van der Waals surface area contributed by atoms with Crippen molar-refractivity contribution in [2.45, 2.75) is 51.1 Å². The van der Waals surface area contributed by atoms with Crippen LogP contribution in [0.2, 0.25) is 0 Å². The van der Waals surface area contributed by atoms with Crippen LogP contribution in [-0.2, 0) is 7.05 Å². The molecular formula is C20H23N7O. The Morgan fingerprint density at radius 1 is 1.25 bits per heavy atom. The molecule has 2 aliphatic rings. The SMILES string of the molecule is CCC1c2nncn2-c2cnc(-c3ccn(C)c(=O)c3)nc2N1C1CCCC1. The van der Waals surface area contributed by atoms with Gasteiger partial charge in [0.05, 0.1) is 12.2 Å². The maximum absolute atomic E-state index is 12.1. The molecule has 1 aliphatic carbocycles. The van der Waals surface area contributed by atoms with E-state index in [1.807, 2.05) is 16.8 Å². The van der Waals surface area contributed by atoms with E-state index in [1.54, 1.807) is 30.2 Å². The average molecular weight is 377 g/mol. The fourth-order valence-corrected chi connectivity index (χ4v) is 4.47. The molecule has 3 aromatic rings. The van der Waals surface area contributed by atoms with Crippen molar-refractivity contribution in [2.75, 3.05) is 4.90 Å². The molecule has 0 spiro atoms. The summed E-state index contributed by atoms with van der Waals surface area (Å²) in [6.45, 7) is 2.18. The molecular weight excluding hydrogens is 354 g/mol. The molecule has 5 rings (SSSR count). The lowest BCUT2D eigenvalue weighted by atomic mass is 10.0.